The Kier molecular flexibility index (Phi) is 5.97. The molecule has 0 aromatic rings. The van der Waals surface area contributed by atoms with E-state index in [-0.39, 0.29) is 24.8 Å². The van der Waals surface area contributed by atoms with Crippen molar-refractivity contribution >= 4 is 0 Å². The third-order valence-electron chi connectivity index (χ3n) is 4.59. The SMILES string of the molecule is CCCNC(C1=CCCCO1)C1CCC(C(F)(F)F)CC1. The van der Waals surface area contributed by atoms with Gasteiger partial charge < -0.3 is 10.1 Å². The fourth-order valence-corrected chi connectivity index (χ4v) is 3.37. The van der Waals surface area contributed by atoms with Gasteiger partial charge in [-0.2, -0.15) is 13.2 Å². The molecule has 0 bridgehead atoms. The Morgan fingerprint density at radius 1 is 1.29 bits per heavy atom. The van der Waals surface area contributed by atoms with E-state index >= 15 is 0 Å². The van der Waals surface area contributed by atoms with Gasteiger partial charge in [-0.05, 0) is 63.5 Å². The Labute approximate surface area is 125 Å². The second-order valence-electron chi connectivity index (χ2n) is 6.18. The fraction of sp³-hybridized carbons (Fsp3) is 0.875. The maximum absolute atomic E-state index is 12.8. The molecule has 1 fully saturated rings. The van der Waals surface area contributed by atoms with Crippen molar-refractivity contribution in [3.8, 4) is 0 Å². The summed E-state index contributed by atoms with van der Waals surface area (Å²) in [5.74, 6) is 0.117. The topological polar surface area (TPSA) is 21.3 Å². The molecule has 0 saturated heterocycles. The van der Waals surface area contributed by atoms with E-state index in [2.05, 4.69) is 18.3 Å². The van der Waals surface area contributed by atoms with Crippen LogP contribution in [-0.2, 0) is 4.74 Å². The highest BCUT2D eigenvalue weighted by molar-refractivity contribution is 5.08. The molecule has 2 aliphatic rings. The first-order valence-electron chi connectivity index (χ1n) is 8.15. The van der Waals surface area contributed by atoms with Crippen molar-refractivity contribution in [2.45, 2.75) is 64.1 Å². The van der Waals surface area contributed by atoms with Gasteiger partial charge in [0, 0.05) is 0 Å². The summed E-state index contributed by atoms with van der Waals surface area (Å²) in [6, 6.07) is 0.0967. The van der Waals surface area contributed by atoms with Gasteiger partial charge in [-0.1, -0.05) is 6.92 Å². The first-order valence-corrected chi connectivity index (χ1v) is 8.15. The highest BCUT2D eigenvalue weighted by atomic mass is 19.4. The maximum atomic E-state index is 12.8. The molecular weight excluding hydrogens is 279 g/mol. The molecule has 1 unspecified atom stereocenters. The Morgan fingerprint density at radius 3 is 2.52 bits per heavy atom. The number of rotatable bonds is 5. The lowest BCUT2D eigenvalue weighted by molar-refractivity contribution is -0.184. The molecule has 1 atom stereocenters. The smallest absolute Gasteiger partial charge is 0.391 e. The van der Waals surface area contributed by atoms with Gasteiger partial charge in [-0.3, -0.25) is 0 Å². The van der Waals surface area contributed by atoms with Crippen LogP contribution in [0.3, 0.4) is 0 Å². The highest BCUT2D eigenvalue weighted by Crippen LogP contribution is 2.41. The Bertz CT molecular complexity index is 346. The summed E-state index contributed by atoms with van der Waals surface area (Å²) in [6.07, 6.45) is 2.92. The van der Waals surface area contributed by atoms with Gasteiger partial charge in [0.15, 0.2) is 0 Å². The Balaban J connectivity index is 1.96. The van der Waals surface area contributed by atoms with Gasteiger partial charge >= 0.3 is 6.18 Å². The van der Waals surface area contributed by atoms with Gasteiger partial charge in [0.05, 0.1) is 18.6 Å². The molecule has 0 radical (unpaired) electrons. The van der Waals surface area contributed by atoms with Crippen molar-refractivity contribution in [3.63, 3.8) is 0 Å². The molecule has 1 N–H and O–H groups in total. The molecule has 1 heterocycles. The standard InChI is InChI=1S/C16H26F3NO/c1-2-10-20-15(14-5-3-4-11-21-14)12-6-8-13(9-7-12)16(17,18)19/h5,12-13,15,20H,2-4,6-11H2,1H3. The number of alkyl halides is 3. The molecule has 0 amide bonds. The molecule has 1 saturated carbocycles. The maximum Gasteiger partial charge on any atom is 0.391 e. The van der Waals surface area contributed by atoms with Crippen LogP contribution in [-0.4, -0.2) is 25.4 Å². The minimum Gasteiger partial charge on any atom is -0.497 e. The molecule has 1 aliphatic heterocycles. The first-order chi connectivity index (χ1) is 10.0. The van der Waals surface area contributed by atoms with E-state index in [1.165, 1.54) is 0 Å². The van der Waals surface area contributed by atoms with Gasteiger partial charge in [-0.25, -0.2) is 0 Å². The highest BCUT2D eigenvalue weighted by Gasteiger charge is 2.43. The number of ether oxygens (including phenoxy) is 1. The minimum absolute atomic E-state index is 0.0967. The number of nitrogens with one attached hydrogen (secondary N) is 1. The van der Waals surface area contributed by atoms with Crippen molar-refractivity contribution in [1.82, 2.24) is 5.32 Å². The zero-order valence-corrected chi connectivity index (χ0v) is 12.7. The molecule has 1 aliphatic carbocycles. The summed E-state index contributed by atoms with van der Waals surface area (Å²) in [6.45, 7) is 3.71. The van der Waals surface area contributed by atoms with Crippen molar-refractivity contribution in [3.05, 3.63) is 11.8 Å². The second kappa shape index (κ2) is 7.52. The largest absolute Gasteiger partial charge is 0.497 e. The van der Waals surface area contributed by atoms with Crippen molar-refractivity contribution < 1.29 is 17.9 Å². The number of allylic oxidation sites excluding steroid dienone is 1. The van der Waals surface area contributed by atoms with Crippen molar-refractivity contribution in [2.24, 2.45) is 11.8 Å². The van der Waals surface area contributed by atoms with E-state index in [0.717, 1.165) is 38.2 Å². The average molecular weight is 305 g/mol. The van der Waals surface area contributed by atoms with Crippen LogP contribution in [0.25, 0.3) is 0 Å². The molecule has 2 rings (SSSR count). The van der Waals surface area contributed by atoms with Crippen LogP contribution in [0.4, 0.5) is 13.2 Å². The lowest BCUT2D eigenvalue weighted by Gasteiger charge is -2.36. The van der Waals surface area contributed by atoms with E-state index in [1.807, 2.05) is 0 Å². The van der Waals surface area contributed by atoms with Crippen molar-refractivity contribution in [2.75, 3.05) is 13.2 Å². The summed E-state index contributed by atoms with van der Waals surface area (Å²) >= 11 is 0. The van der Waals surface area contributed by atoms with E-state index in [0.29, 0.717) is 12.8 Å². The molecule has 0 aromatic heterocycles. The number of hydrogen-bond acceptors (Lipinski definition) is 2. The average Bonchev–Trinajstić information content (AvgIpc) is 2.48. The van der Waals surface area contributed by atoms with Crippen LogP contribution in [0.2, 0.25) is 0 Å². The number of hydrogen-bond donors (Lipinski definition) is 1. The zero-order chi connectivity index (χ0) is 15.3. The van der Waals surface area contributed by atoms with Gasteiger partial charge in [0.1, 0.15) is 5.76 Å². The van der Waals surface area contributed by atoms with E-state index in [9.17, 15) is 13.2 Å². The molecule has 0 aromatic carbocycles. The van der Waals surface area contributed by atoms with Crippen LogP contribution in [0.5, 0.6) is 0 Å². The van der Waals surface area contributed by atoms with Crippen LogP contribution in [0.1, 0.15) is 51.9 Å². The quantitative estimate of drug-likeness (QED) is 0.812. The molecule has 122 valence electrons. The number of halogens is 3. The normalized spacial score (nSPS) is 28.7. The Morgan fingerprint density at radius 2 is 2.00 bits per heavy atom. The van der Waals surface area contributed by atoms with E-state index in [1.54, 1.807) is 0 Å². The first kappa shape index (κ1) is 16.7. The predicted molar refractivity (Wildman–Crippen MR) is 76.9 cm³/mol. The molecule has 5 heteroatoms. The van der Waals surface area contributed by atoms with Crippen LogP contribution >= 0.6 is 0 Å². The minimum atomic E-state index is -4.03. The predicted octanol–water partition coefficient (Wildman–Crippen LogP) is 4.42. The van der Waals surface area contributed by atoms with Gasteiger partial charge in [0.25, 0.3) is 0 Å². The lowest BCUT2D eigenvalue weighted by atomic mass is 9.77. The van der Waals surface area contributed by atoms with Crippen molar-refractivity contribution in [1.29, 1.82) is 0 Å². The second-order valence-corrected chi connectivity index (χ2v) is 6.18. The summed E-state index contributed by atoms with van der Waals surface area (Å²) in [7, 11) is 0. The van der Waals surface area contributed by atoms with Crippen LogP contribution in [0, 0.1) is 11.8 Å². The molecule has 0 spiro atoms. The summed E-state index contributed by atoms with van der Waals surface area (Å²) < 4.78 is 44.1. The lowest BCUT2D eigenvalue weighted by Crippen LogP contribution is -2.42. The summed E-state index contributed by atoms with van der Waals surface area (Å²) in [5.41, 5.74) is 0. The van der Waals surface area contributed by atoms with Gasteiger partial charge in [0.2, 0.25) is 0 Å². The third kappa shape index (κ3) is 4.63. The summed E-state index contributed by atoms with van der Waals surface area (Å²) in [5, 5.41) is 3.49. The monoisotopic (exact) mass is 305 g/mol. The molecule has 21 heavy (non-hydrogen) atoms. The van der Waals surface area contributed by atoms with Gasteiger partial charge in [-0.15, -0.1) is 0 Å². The molecule has 2 nitrogen and oxygen atoms in total. The zero-order valence-electron chi connectivity index (χ0n) is 12.7. The summed E-state index contributed by atoms with van der Waals surface area (Å²) in [4.78, 5) is 0. The fourth-order valence-electron chi connectivity index (χ4n) is 3.37. The Hall–Kier alpha value is -0.710. The molecular formula is C16H26F3NO. The van der Waals surface area contributed by atoms with Crippen LogP contribution in [0.15, 0.2) is 11.8 Å². The van der Waals surface area contributed by atoms with Crippen LogP contribution < -0.4 is 5.32 Å². The van der Waals surface area contributed by atoms with E-state index in [4.69, 9.17) is 4.74 Å². The van der Waals surface area contributed by atoms with E-state index < -0.39 is 12.1 Å². The third-order valence-corrected chi connectivity index (χ3v) is 4.59.